The van der Waals surface area contributed by atoms with Crippen LogP contribution in [0.2, 0.25) is 0 Å². The number of amides is 2. The molecule has 1 aliphatic heterocycles. The van der Waals surface area contributed by atoms with E-state index >= 15 is 0 Å². The smallest absolute Gasteiger partial charge is 0.346 e. The Bertz CT molecular complexity index is 341. The van der Waals surface area contributed by atoms with E-state index in [0.717, 1.165) is 31.6 Å². The van der Waals surface area contributed by atoms with E-state index in [1.165, 1.54) is 6.42 Å². The standard InChI is InChI=1S/C13H23N3O/c1-4-10-5-7-13(8-6-10)11(14)15-12(17)16(13)9(2)3/h9-10H,4-8H2,1-3H3,(H2,14,15,17). The van der Waals surface area contributed by atoms with Crippen LogP contribution in [-0.4, -0.2) is 28.3 Å². The average molecular weight is 237 g/mol. The number of hydrogen-bond acceptors (Lipinski definition) is 2. The predicted octanol–water partition coefficient (Wildman–Crippen LogP) is 2.53. The second-order valence-corrected chi connectivity index (χ2v) is 5.63. The number of carbonyl (C=O) groups is 1. The molecule has 1 saturated carbocycles. The Morgan fingerprint density at radius 3 is 2.53 bits per heavy atom. The molecule has 96 valence electrons. The van der Waals surface area contributed by atoms with E-state index in [9.17, 15) is 4.79 Å². The lowest BCUT2D eigenvalue weighted by atomic mass is 9.74. The molecule has 4 heteroatoms. The molecule has 2 N–H and O–H groups in total. The first kappa shape index (κ1) is 12.4. The van der Waals surface area contributed by atoms with Gasteiger partial charge in [0.1, 0.15) is 11.4 Å². The van der Waals surface area contributed by atoms with Gasteiger partial charge in [-0.1, -0.05) is 13.3 Å². The van der Waals surface area contributed by atoms with Crippen molar-refractivity contribution in [2.24, 2.45) is 16.6 Å². The van der Waals surface area contributed by atoms with Crippen molar-refractivity contribution in [1.29, 1.82) is 0 Å². The Hall–Kier alpha value is -1.06. The van der Waals surface area contributed by atoms with Crippen molar-refractivity contribution >= 4 is 11.9 Å². The summed E-state index contributed by atoms with van der Waals surface area (Å²) in [4.78, 5) is 17.8. The molecular formula is C13H23N3O. The molecule has 0 saturated heterocycles. The topological polar surface area (TPSA) is 58.7 Å². The van der Waals surface area contributed by atoms with Crippen LogP contribution in [0.15, 0.2) is 4.99 Å². The highest BCUT2D eigenvalue weighted by atomic mass is 16.2. The molecular weight excluding hydrogens is 214 g/mol. The van der Waals surface area contributed by atoms with Crippen LogP contribution in [0.1, 0.15) is 52.9 Å². The largest absolute Gasteiger partial charge is 0.385 e. The molecule has 0 unspecified atom stereocenters. The maximum absolute atomic E-state index is 11.9. The molecule has 0 aromatic carbocycles. The molecule has 0 radical (unpaired) electrons. The third kappa shape index (κ3) is 1.83. The van der Waals surface area contributed by atoms with Crippen molar-refractivity contribution < 1.29 is 4.79 Å². The summed E-state index contributed by atoms with van der Waals surface area (Å²) in [6.07, 6.45) is 5.49. The minimum absolute atomic E-state index is 0.146. The highest BCUT2D eigenvalue weighted by Crippen LogP contribution is 2.41. The Labute approximate surface area is 103 Å². The van der Waals surface area contributed by atoms with E-state index in [4.69, 9.17) is 5.73 Å². The van der Waals surface area contributed by atoms with Crippen LogP contribution in [0, 0.1) is 5.92 Å². The van der Waals surface area contributed by atoms with Gasteiger partial charge in [-0.15, -0.1) is 0 Å². The maximum atomic E-state index is 11.9. The number of nitrogens with two attached hydrogens (primary N) is 1. The fraction of sp³-hybridized carbons (Fsp3) is 0.846. The van der Waals surface area contributed by atoms with Crippen LogP contribution in [0.4, 0.5) is 4.79 Å². The maximum Gasteiger partial charge on any atom is 0.346 e. The van der Waals surface area contributed by atoms with Crippen LogP contribution < -0.4 is 5.73 Å². The molecule has 4 nitrogen and oxygen atoms in total. The zero-order valence-electron chi connectivity index (χ0n) is 11.1. The first-order chi connectivity index (χ1) is 8.01. The van der Waals surface area contributed by atoms with E-state index in [-0.39, 0.29) is 17.6 Å². The Kier molecular flexibility index (Phi) is 3.15. The van der Waals surface area contributed by atoms with Crippen molar-refractivity contribution in [1.82, 2.24) is 4.90 Å². The lowest BCUT2D eigenvalue weighted by molar-refractivity contribution is 0.103. The van der Waals surface area contributed by atoms with Gasteiger partial charge >= 0.3 is 6.03 Å². The molecule has 1 aliphatic carbocycles. The Morgan fingerprint density at radius 2 is 2.06 bits per heavy atom. The van der Waals surface area contributed by atoms with Gasteiger partial charge in [-0.2, -0.15) is 4.99 Å². The lowest BCUT2D eigenvalue weighted by Gasteiger charge is -2.44. The summed E-state index contributed by atoms with van der Waals surface area (Å²) in [7, 11) is 0. The predicted molar refractivity (Wildman–Crippen MR) is 69.0 cm³/mol. The second kappa shape index (κ2) is 4.31. The third-order valence-electron chi connectivity index (χ3n) is 4.39. The van der Waals surface area contributed by atoms with Gasteiger partial charge in [0.25, 0.3) is 0 Å². The summed E-state index contributed by atoms with van der Waals surface area (Å²) < 4.78 is 0. The summed E-state index contributed by atoms with van der Waals surface area (Å²) in [6, 6.07) is 0.0259. The van der Waals surface area contributed by atoms with Crippen LogP contribution >= 0.6 is 0 Å². The van der Waals surface area contributed by atoms with E-state index in [1.54, 1.807) is 0 Å². The van der Waals surface area contributed by atoms with E-state index in [1.807, 2.05) is 18.7 Å². The molecule has 17 heavy (non-hydrogen) atoms. The van der Waals surface area contributed by atoms with Crippen molar-refractivity contribution in [2.45, 2.75) is 64.5 Å². The monoisotopic (exact) mass is 237 g/mol. The van der Waals surface area contributed by atoms with Gasteiger partial charge in [0.2, 0.25) is 0 Å². The molecule has 0 atom stereocenters. The van der Waals surface area contributed by atoms with E-state index < -0.39 is 0 Å². The number of carbonyl (C=O) groups excluding carboxylic acids is 1. The Morgan fingerprint density at radius 1 is 1.47 bits per heavy atom. The minimum Gasteiger partial charge on any atom is -0.385 e. The number of rotatable bonds is 2. The van der Waals surface area contributed by atoms with Crippen LogP contribution in [0.3, 0.4) is 0 Å². The molecule has 1 fully saturated rings. The summed E-state index contributed by atoms with van der Waals surface area (Å²) >= 11 is 0. The van der Waals surface area contributed by atoms with E-state index in [2.05, 4.69) is 11.9 Å². The summed E-state index contributed by atoms with van der Waals surface area (Å²) in [5.74, 6) is 1.34. The third-order valence-corrected chi connectivity index (χ3v) is 4.39. The van der Waals surface area contributed by atoms with Crippen LogP contribution in [0.25, 0.3) is 0 Å². The highest BCUT2D eigenvalue weighted by Gasteiger charge is 2.50. The first-order valence-corrected chi connectivity index (χ1v) is 6.69. The number of amidine groups is 1. The molecule has 0 bridgehead atoms. The molecule has 2 rings (SSSR count). The SMILES string of the molecule is CCC1CCC2(CC1)C(N)=NC(=O)N2C(C)C. The summed E-state index contributed by atoms with van der Waals surface area (Å²) in [6.45, 7) is 6.32. The fourth-order valence-electron chi connectivity index (χ4n) is 3.34. The van der Waals surface area contributed by atoms with Crippen molar-refractivity contribution in [3.05, 3.63) is 0 Å². The van der Waals surface area contributed by atoms with Gasteiger partial charge in [-0.25, -0.2) is 4.79 Å². The van der Waals surface area contributed by atoms with Crippen molar-refractivity contribution in [3.63, 3.8) is 0 Å². The van der Waals surface area contributed by atoms with Gasteiger partial charge < -0.3 is 10.6 Å². The van der Waals surface area contributed by atoms with Gasteiger partial charge in [0.15, 0.2) is 0 Å². The van der Waals surface area contributed by atoms with Crippen LogP contribution in [-0.2, 0) is 0 Å². The van der Waals surface area contributed by atoms with E-state index in [0.29, 0.717) is 5.84 Å². The van der Waals surface area contributed by atoms with Gasteiger partial charge in [-0.05, 0) is 45.4 Å². The first-order valence-electron chi connectivity index (χ1n) is 6.69. The zero-order chi connectivity index (χ0) is 12.6. The quantitative estimate of drug-likeness (QED) is 0.802. The molecule has 1 spiro atoms. The number of aliphatic imine (C=N–C) groups is 1. The van der Waals surface area contributed by atoms with Crippen molar-refractivity contribution in [3.8, 4) is 0 Å². The Balaban J connectivity index is 2.23. The average Bonchev–Trinajstić information content (AvgIpc) is 2.51. The van der Waals surface area contributed by atoms with Crippen LogP contribution in [0.5, 0.6) is 0 Å². The lowest BCUT2D eigenvalue weighted by Crippen LogP contribution is -2.58. The molecule has 1 heterocycles. The second-order valence-electron chi connectivity index (χ2n) is 5.63. The normalized spacial score (nSPS) is 33.6. The summed E-state index contributed by atoms with van der Waals surface area (Å²) in [5, 5.41) is 0. The highest BCUT2D eigenvalue weighted by molar-refractivity contribution is 6.06. The minimum atomic E-state index is -0.267. The molecule has 0 aromatic heterocycles. The molecule has 2 amide bonds. The molecule has 2 aliphatic rings. The van der Waals surface area contributed by atoms with Gasteiger partial charge in [-0.3, -0.25) is 0 Å². The zero-order valence-corrected chi connectivity index (χ0v) is 11.1. The van der Waals surface area contributed by atoms with Gasteiger partial charge in [0.05, 0.1) is 0 Å². The van der Waals surface area contributed by atoms with Crippen molar-refractivity contribution in [2.75, 3.05) is 0 Å². The fourth-order valence-corrected chi connectivity index (χ4v) is 3.34. The number of nitrogens with zero attached hydrogens (tertiary/aromatic N) is 2. The molecule has 0 aromatic rings. The van der Waals surface area contributed by atoms with Gasteiger partial charge in [0, 0.05) is 6.04 Å². The number of urea groups is 1. The number of hydrogen-bond donors (Lipinski definition) is 1. The summed E-state index contributed by atoms with van der Waals surface area (Å²) in [5.41, 5.74) is 5.77.